The minimum atomic E-state index is 0.430. The van der Waals surface area contributed by atoms with E-state index < -0.39 is 0 Å². The molecule has 3 heteroatoms. The van der Waals surface area contributed by atoms with Crippen LogP contribution in [0.3, 0.4) is 0 Å². The Morgan fingerprint density at radius 2 is 1.44 bits per heavy atom. The van der Waals surface area contributed by atoms with Gasteiger partial charge in [-0.2, -0.15) is 0 Å². The summed E-state index contributed by atoms with van der Waals surface area (Å²) in [7, 11) is 0. The third-order valence-electron chi connectivity index (χ3n) is 1.47. The average Bonchev–Trinajstić information content (AvgIpc) is 2.39. The van der Waals surface area contributed by atoms with Crippen LogP contribution in [0.4, 0.5) is 0 Å². The summed E-state index contributed by atoms with van der Waals surface area (Å²) in [5.74, 6) is 0. The number of alkyl halides is 2. The zero-order chi connectivity index (χ0) is 7.02. The Morgan fingerprint density at radius 1 is 1.11 bits per heavy atom. The first-order valence-electron chi connectivity index (χ1n) is 3.06. The number of ether oxygens (including phenoxy) is 1. The maximum absolute atomic E-state index is 5.35. The SMILES string of the molecule is CC(Br)C1OC1C(C)Br. The van der Waals surface area contributed by atoms with Crippen molar-refractivity contribution in [1.29, 1.82) is 0 Å². The lowest BCUT2D eigenvalue weighted by Gasteiger charge is -1.96. The molecule has 0 aromatic carbocycles. The van der Waals surface area contributed by atoms with Crippen molar-refractivity contribution in [2.24, 2.45) is 0 Å². The highest BCUT2D eigenvalue weighted by atomic mass is 79.9. The lowest BCUT2D eigenvalue weighted by Crippen LogP contribution is -2.10. The van der Waals surface area contributed by atoms with Crippen LogP contribution >= 0.6 is 31.9 Å². The van der Waals surface area contributed by atoms with Crippen LogP contribution in [0, 0.1) is 0 Å². The first-order chi connectivity index (χ1) is 4.13. The van der Waals surface area contributed by atoms with Crippen molar-refractivity contribution in [1.82, 2.24) is 0 Å². The molecule has 0 N–H and O–H groups in total. The second kappa shape index (κ2) is 2.89. The topological polar surface area (TPSA) is 12.5 Å². The second-order valence-electron chi connectivity index (χ2n) is 2.42. The van der Waals surface area contributed by atoms with Crippen LogP contribution < -0.4 is 0 Å². The van der Waals surface area contributed by atoms with Gasteiger partial charge in [-0.25, -0.2) is 0 Å². The number of hydrogen-bond acceptors (Lipinski definition) is 1. The van der Waals surface area contributed by atoms with Crippen LogP contribution in [0.25, 0.3) is 0 Å². The summed E-state index contributed by atoms with van der Waals surface area (Å²) < 4.78 is 5.35. The summed E-state index contributed by atoms with van der Waals surface area (Å²) in [4.78, 5) is 0.977. The zero-order valence-electron chi connectivity index (χ0n) is 5.47. The summed E-state index contributed by atoms with van der Waals surface area (Å²) in [6.45, 7) is 4.22. The molecule has 0 aromatic heterocycles. The summed E-state index contributed by atoms with van der Waals surface area (Å²) in [6, 6.07) is 0. The Bertz CT molecular complexity index is 91.2. The molecule has 4 atom stereocenters. The minimum absolute atomic E-state index is 0.430. The molecule has 1 aliphatic heterocycles. The maximum atomic E-state index is 5.35. The average molecular weight is 258 g/mol. The Labute approximate surface area is 72.4 Å². The Hall–Kier alpha value is 0.920. The molecule has 4 unspecified atom stereocenters. The van der Waals surface area contributed by atoms with E-state index in [2.05, 4.69) is 45.7 Å². The van der Waals surface area contributed by atoms with Crippen molar-refractivity contribution in [3.05, 3.63) is 0 Å². The Morgan fingerprint density at radius 3 is 1.56 bits per heavy atom. The molecule has 0 saturated carbocycles. The molecular formula is C6H10Br2O. The standard InChI is InChI=1S/C6H10Br2O/c1-3(7)5-6(9-5)4(2)8/h3-6H,1-2H3. The Kier molecular flexibility index (Phi) is 2.57. The highest BCUT2D eigenvalue weighted by Crippen LogP contribution is 2.34. The van der Waals surface area contributed by atoms with Crippen molar-refractivity contribution in [2.45, 2.75) is 35.7 Å². The van der Waals surface area contributed by atoms with E-state index in [-0.39, 0.29) is 0 Å². The predicted octanol–water partition coefficient (Wildman–Crippen LogP) is 2.32. The molecule has 0 spiro atoms. The van der Waals surface area contributed by atoms with Crippen LogP contribution in [0.5, 0.6) is 0 Å². The molecule has 1 aliphatic rings. The van der Waals surface area contributed by atoms with Crippen molar-refractivity contribution >= 4 is 31.9 Å². The molecule has 0 radical (unpaired) electrons. The molecule has 1 nitrogen and oxygen atoms in total. The van der Waals surface area contributed by atoms with E-state index in [1.54, 1.807) is 0 Å². The summed E-state index contributed by atoms with van der Waals surface area (Å²) in [5, 5.41) is 0. The van der Waals surface area contributed by atoms with Crippen molar-refractivity contribution in [3.8, 4) is 0 Å². The first-order valence-corrected chi connectivity index (χ1v) is 4.89. The van der Waals surface area contributed by atoms with E-state index in [1.807, 2.05) is 0 Å². The van der Waals surface area contributed by atoms with E-state index in [0.29, 0.717) is 21.9 Å². The van der Waals surface area contributed by atoms with E-state index in [9.17, 15) is 0 Å². The third kappa shape index (κ3) is 1.92. The van der Waals surface area contributed by atoms with Crippen LogP contribution in [-0.2, 0) is 4.74 Å². The fourth-order valence-electron chi connectivity index (χ4n) is 0.875. The summed E-state index contributed by atoms with van der Waals surface area (Å²) in [5.41, 5.74) is 0. The zero-order valence-corrected chi connectivity index (χ0v) is 8.65. The largest absolute Gasteiger partial charge is 0.367 e. The van der Waals surface area contributed by atoms with Gasteiger partial charge in [0.05, 0.1) is 12.2 Å². The Balaban J connectivity index is 2.24. The second-order valence-corrected chi connectivity index (χ2v) is 5.31. The van der Waals surface area contributed by atoms with E-state index in [1.165, 1.54) is 0 Å². The minimum Gasteiger partial charge on any atom is -0.367 e. The molecule has 1 fully saturated rings. The highest BCUT2D eigenvalue weighted by molar-refractivity contribution is 9.09. The van der Waals surface area contributed by atoms with Crippen LogP contribution in [0.1, 0.15) is 13.8 Å². The first kappa shape index (κ1) is 8.02. The van der Waals surface area contributed by atoms with Gasteiger partial charge in [-0.1, -0.05) is 45.7 Å². The van der Waals surface area contributed by atoms with Gasteiger partial charge in [0.25, 0.3) is 0 Å². The lowest BCUT2D eigenvalue weighted by molar-refractivity contribution is 0.370. The highest BCUT2D eigenvalue weighted by Gasteiger charge is 2.44. The van der Waals surface area contributed by atoms with E-state index >= 15 is 0 Å². The fraction of sp³-hybridized carbons (Fsp3) is 1.00. The maximum Gasteiger partial charge on any atom is 0.0975 e. The molecule has 0 amide bonds. The number of halogens is 2. The van der Waals surface area contributed by atoms with Gasteiger partial charge < -0.3 is 4.74 Å². The molecular weight excluding hydrogens is 248 g/mol. The predicted molar refractivity (Wildman–Crippen MR) is 45.4 cm³/mol. The summed E-state index contributed by atoms with van der Waals surface area (Å²) in [6.07, 6.45) is 0.860. The molecule has 1 heterocycles. The van der Waals surface area contributed by atoms with E-state index in [0.717, 1.165) is 0 Å². The summed E-state index contributed by atoms with van der Waals surface area (Å²) >= 11 is 6.93. The van der Waals surface area contributed by atoms with Gasteiger partial charge in [0.1, 0.15) is 0 Å². The van der Waals surface area contributed by atoms with Crippen LogP contribution in [-0.4, -0.2) is 21.9 Å². The molecule has 9 heavy (non-hydrogen) atoms. The normalized spacial score (nSPS) is 40.0. The van der Waals surface area contributed by atoms with Gasteiger partial charge in [0, 0.05) is 9.65 Å². The molecule has 0 bridgehead atoms. The number of hydrogen-bond donors (Lipinski definition) is 0. The number of epoxide rings is 1. The quantitative estimate of drug-likeness (QED) is 0.547. The molecule has 54 valence electrons. The fourth-order valence-corrected chi connectivity index (χ4v) is 1.73. The molecule has 1 rings (SSSR count). The van der Waals surface area contributed by atoms with Gasteiger partial charge in [0.15, 0.2) is 0 Å². The van der Waals surface area contributed by atoms with Crippen molar-refractivity contribution < 1.29 is 4.74 Å². The van der Waals surface area contributed by atoms with Gasteiger partial charge in [0.2, 0.25) is 0 Å². The van der Waals surface area contributed by atoms with Gasteiger partial charge in [-0.15, -0.1) is 0 Å². The van der Waals surface area contributed by atoms with Gasteiger partial charge in [-0.05, 0) is 0 Å². The van der Waals surface area contributed by atoms with Crippen molar-refractivity contribution in [3.63, 3.8) is 0 Å². The van der Waals surface area contributed by atoms with Gasteiger partial charge >= 0.3 is 0 Å². The lowest BCUT2D eigenvalue weighted by atomic mass is 10.2. The smallest absolute Gasteiger partial charge is 0.0975 e. The third-order valence-corrected chi connectivity index (χ3v) is 2.51. The van der Waals surface area contributed by atoms with Gasteiger partial charge in [-0.3, -0.25) is 0 Å². The molecule has 0 aromatic rings. The number of rotatable bonds is 2. The molecule has 0 aliphatic carbocycles. The van der Waals surface area contributed by atoms with E-state index in [4.69, 9.17) is 4.74 Å². The van der Waals surface area contributed by atoms with Crippen molar-refractivity contribution in [2.75, 3.05) is 0 Å². The molecule has 1 saturated heterocycles. The van der Waals surface area contributed by atoms with Crippen LogP contribution in [0.2, 0.25) is 0 Å². The monoisotopic (exact) mass is 256 g/mol. The van der Waals surface area contributed by atoms with Crippen LogP contribution in [0.15, 0.2) is 0 Å².